The van der Waals surface area contributed by atoms with Crippen LogP contribution in [0.25, 0.3) is 0 Å². The van der Waals surface area contributed by atoms with Crippen LogP contribution in [-0.4, -0.2) is 52.2 Å². The SMILES string of the molecule is O=C(Cc1ccc(Cl)c([N+](=O)[O-])c1)N1CCN(C2CC2)C(=O)C1. The molecule has 0 atom stereocenters. The summed E-state index contributed by atoms with van der Waals surface area (Å²) in [5.41, 5.74) is 0.301. The number of nitro benzene ring substituents is 1. The molecule has 0 spiro atoms. The van der Waals surface area contributed by atoms with Gasteiger partial charge in [-0.25, -0.2) is 0 Å². The average Bonchev–Trinajstić information content (AvgIpc) is 3.33. The van der Waals surface area contributed by atoms with Crippen molar-refractivity contribution in [3.63, 3.8) is 0 Å². The minimum absolute atomic E-state index is 0.0193. The van der Waals surface area contributed by atoms with E-state index in [4.69, 9.17) is 11.6 Å². The predicted molar refractivity (Wildman–Crippen MR) is 83.1 cm³/mol. The molecular weight excluding hydrogens is 322 g/mol. The van der Waals surface area contributed by atoms with Gasteiger partial charge in [-0.05, 0) is 24.5 Å². The molecule has 7 nitrogen and oxygen atoms in total. The lowest BCUT2D eigenvalue weighted by atomic mass is 10.1. The lowest BCUT2D eigenvalue weighted by molar-refractivity contribution is -0.384. The first-order valence-electron chi connectivity index (χ1n) is 7.46. The normalized spacial score (nSPS) is 18.2. The molecule has 122 valence electrons. The highest BCUT2D eigenvalue weighted by Gasteiger charge is 2.36. The molecule has 8 heteroatoms. The summed E-state index contributed by atoms with van der Waals surface area (Å²) in [6.07, 6.45) is 2.12. The lowest BCUT2D eigenvalue weighted by Gasteiger charge is -2.34. The van der Waals surface area contributed by atoms with Crippen LogP contribution in [0.3, 0.4) is 0 Å². The monoisotopic (exact) mass is 337 g/mol. The molecule has 1 saturated heterocycles. The van der Waals surface area contributed by atoms with Gasteiger partial charge in [0.2, 0.25) is 11.8 Å². The molecule has 0 N–H and O–H groups in total. The number of amides is 2. The van der Waals surface area contributed by atoms with E-state index in [0.29, 0.717) is 24.7 Å². The van der Waals surface area contributed by atoms with E-state index in [0.717, 1.165) is 12.8 Å². The van der Waals surface area contributed by atoms with Crippen LogP contribution in [0.1, 0.15) is 18.4 Å². The zero-order valence-electron chi connectivity index (χ0n) is 12.4. The van der Waals surface area contributed by atoms with Crippen molar-refractivity contribution in [3.8, 4) is 0 Å². The number of piperazine rings is 1. The molecule has 3 rings (SSSR count). The molecule has 2 amide bonds. The maximum absolute atomic E-state index is 12.3. The number of hydrogen-bond donors (Lipinski definition) is 0. The van der Waals surface area contributed by atoms with Gasteiger partial charge in [0.1, 0.15) is 5.02 Å². The number of carbonyl (C=O) groups excluding carboxylic acids is 2. The maximum Gasteiger partial charge on any atom is 0.288 e. The van der Waals surface area contributed by atoms with Crippen molar-refractivity contribution in [3.05, 3.63) is 38.9 Å². The Morgan fingerprint density at radius 1 is 1.35 bits per heavy atom. The third-order valence-corrected chi connectivity index (χ3v) is 4.48. The van der Waals surface area contributed by atoms with E-state index in [9.17, 15) is 19.7 Å². The van der Waals surface area contributed by atoms with Crippen LogP contribution < -0.4 is 0 Å². The average molecular weight is 338 g/mol. The Balaban J connectivity index is 1.64. The number of benzene rings is 1. The van der Waals surface area contributed by atoms with Gasteiger partial charge >= 0.3 is 0 Å². The fourth-order valence-electron chi connectivity index (χ4n) is 2.77. The van der Waals surface area contributed by atoms with Gasteiger partial charge in [-0.2, -0.15) is 0 Å². The van der Waals surface area contributed by atoms with Gasteiger partial charge in [0.15, 0.2) is 0 Å². The smallest absolute Gasteiger partial charge is 0.288 e. The Labute approximate surface area is 138 Å². The minimum Gasteiger partial charge on any atom is -0.336 e. The number of halogens is 1. The zero-order chi connectivity index (χ0) is 16.6. The number of nitrogens with zero attached hydrogens (tertiary/aromatic N) is 3. The molecular formula is C15H16ClN3O4. The minimum atomic E-state index is -0.575. The molecule has 0 aromatic heterocycles. The van der Waals surface area contributed by atoms with Crippen LogP contribution in [-0.2, 0) is 16.0 Å². The largest absolute Gasteiger partial charge is 0.336 e. The topological polar surface area (TPSA) is 83.8 Å². The predicted octanol–water partition coefficient (Wildman–Crippen LogP) is 1.62. The first kappa shape index (κ1) is 15.7. The van der Waals surface area contributed by atoms with Crippen LogP contribution in [0.15, 0.2) is 18.2 Å². The molecule has 2 aliphatic rings. The summed E-state index contributed by atoms with van der Waals surface area (Å²) in [6.45, 7) is 1.16. The van der Waals surface area contributed by atoms with E-state index in [1.165, 1.54) is 17.0 Å². The van der Waals surface area contributed by atoms with Crippen LogP contribution in [0.4, 0.5) is 5.69 Å². The number of carbonyl (C=O) groups is 2. The van der Waals surface area contributed by atoms with Gasteiger partial charge in [0, 0.05) is 25.2 Å². The quantitative estimate of drug-likeness (QED) is 0.617. The van der Waals surface area contributed by atoms with Gasteiger partial charge in [0.25, 0.3) is 5.69 Å². The van der Waals surface area contributed by atoms with Gasteiger partial charge in [-0.15, -0.1) is 0 Å². The molecule has 0 radical (unpaired) electrons. The molecule has 1 aliphatic heterocycles. The third-order valence-electron chi connectivity index (χ3n) is 4.16. The number of hydrogen-bond acceptors (Lipinski definition) is 4. The van der Waals surface area contributed by atoms with Gasteiger partial charge in [0.05, 0.1) is 17.9 Å². The van der Waals surface area contributed by atoms with Gasteiger partial charge in [-0.1, -0.05) is 17.7 Å². The van der Waals surface area contributed by atoms with Crippen molar-refractivity contribution < 1.29 is 14.5 Å². The van der Waals surface area contributed by atoms with Crippen LogP contribution in [0.5, 0.6) is 0 Å². The van der Waals surface area contributed by atoms with Crippen molar-refractivity contribution in [2.24, 2.45) is 0 Å². The molecule has 0 bridgehead atoms. The molecule has 1 saturated carbocycles. The number of nitro groups is 1. The van der Waals surface area contributed by atoms with E-state index in [1.54, 1.807) is 6.07 Å². The molecule has 23 heavy (non-hydrogen) atoms. The highest BCUT2D eigenvalue weighted by Crippen LogP contribution is 2.28. The summed E-state index contributed by atoms with van der Waals surface area (Å²) >= 11 is 5.76. The Kier molecular flexibility index (Phi) is 4.21. The van der Waals surface area contributed by atoms with Crippen LogP contribution in [0, 0.1) is 10.1 Å². The van der Waals surface area contributed by atoms with E-state index >= 15 is 0 Å². The second-order valence-corrected chi connectivity index (χ2v) is 6.26. The van der Waals surface area contributed by atoms with E-state index in [2.05, 4.69) is 0 Å². The van der Waals surface area contributed by atoms with Crippen molar-refractivity contribution in [2.45, 2.75) is 25.3 Å². The zero-order valence-corrected chi connectivity index (χ0v) is 13.2. The first-order valence-corrected chi connectivity index (χ1v) is 7.83. The third kappa shape index (κ3) is 3.44. The van der Waals surface area contributed by atoms with Crippen molar-refractivity contribution in [1.82, 2.24) is 9.80 Å². The van der Waals surface area contributed by atoms with Gasteiger partial charge < -0.3 is 9.80 Å². The first-order chi connectivity index (χ1) is 11.0. The Morgan fingerprint density at radius 2 is 2.09 bits per heavy atom. The van der Waals surface area contributed by atoms with Crippen molar-refractivity contribution in [1.29, 1.82) is 0 Å². The molecule has 2 fully saturated rings. The van der Waals surface area contributed by atoms with Crippen molar-refractivity contribution >= 4 is 29.1 Å². The Bertz CT molecular complexity index is 675. The lowest BCUT2D eigenvalue weighted by Crippen LogP contribution is -2.53. The second kappa shape index (κ2) is 6.16. The molecule has 1 aromatic carbocycles. The molecule has 1 aromatic rings. The summed E-state index contributed by atoms with van der Waals surface area (Å²) in [7, 11) is 0. The fourth-order valence-corrected chi connectivity index (χ4v) is 2.95. The van der Waals surface area contributed by atoms with Gasteiger partial charge in [-0.3, -0.25) is 19.7 Å². The van der Waals surface area contributed by atoms with Crippen LogP contribution >= 0.6 is 11.6 Å². The van der Waals surface area contributed by atoms with Crippen molar-refractivity contribution in [2.75, 3.05) is 19.6 Å². The summed E-state index contributed by atoms with van der Waals surface area (Å²) in [4.78, 5) is 38.1. The fraction of sp³-hybridized carbons (Fsp3) is 0.467. The summed E-state index contributed by atoms with van der Waals surface area (Å²) in [5.74, 6) is -0.223. The van der Waals surface area contributed by atoms with E-state index < -0.39 is 4.92 Å². The van der Waals surface area contributed by atoms with E-state index in [1.807, 2.05) is 4.90 Å². The standard InChI is InChI=1S/C15H16ClN3O4/c16-12-4-1-10(7-13(12)19(22)23)8-14(20)17-5-6-18(11-2-3-11)15(21)9-17/h1,4,7,11H,2-3,5-6,8-9H2. The summed E-state index contributed by atoms with van der Waals surface area (Å²) < 4.78 is 0. The summed E-state index contributed by atoms with van der Waals surface area (Å²) in [5, 5.41) is 10.9. The highest BCUT2D eigenvalue weighted by atomic mass is 35.5. The highest BCUT2D eigenvalue weighted by molar-refractivity contribution is 6.32. The molecule has 1 heterocycles. The molecule has 0 unspecified atom stereocenters. The summed E-state index contributed by atoms with van der Waals surface area (Å²) in [6, 6.07) is 4.68. The Hall–Kier alpha value is -2.15. The molecule has 1 aliphatic carbocycles. The van der Waals surface area contributed by atoms with Crippen LogP contribution in [0.2, 0.25) is 5.02 Å². The Morgan fingerprint density at radius 3 is 2.70 bits per heavy atom. The number of rotatable bonds is 4. The maximum atomic E-state index is 12.3. The van der Waals surface area contributed by atoms with E-state index in [-0.39, 0.29) is 35.5 Å². The second-order valence-electron chi connectivity index (χ2n) is 5.85.